The molecule has 0 amide bonds. The van der Waals surface area contributed by atoms with E-state index in [9.17, 15) is 10.1 Å². The Kier molecular flexibility index (Phi) is 3.34. The predicted octanol–water partition coefficient (Wildman–Crippen LogP) is -0.320. The highest BCUT2D eigenvalue weighted by atomic mass is 16.6. The number of aliphatic hydroxyl groups excluding tert-OH is 1. The largest absolute Gasteiger partial charge is 0.395 e. The van der Waals surface area contributed by atoms with Gasteiger partial charge in [-0.2, -0.15) is 4.98 Å². The zero-order valence-electron chi connectivity index (χ0n) is 8.10. The minimum absolute atomic E-state index is 0.0269. The molecule has 4 N–H and O–H groups in total. The van der Waals surface area contributed by atoms with Gasteiger partial charge in [-0.3, -0.25) is 10.1 Å². The second-order valence-electron chi connectivity index (χ2n) is 2.77. The van der Waals surface area contributed by atoms with Crippen LogP contribution in [-0.2, 0) is 0 Å². The van der Waals surface area contributed by atoms with Gasteiger partial charge >= 0.3 is 5.69 Å². The van der Waals surface area contributed by atoms with Crippen LogP contribution >= 0.6 is 0 Å². The summed E-state index contributed by atoms with van der Waals surface area (Å²) in [6.45, 7) is 1.48. The van der Waals surface area contributed by atoms with Crippen molar-refractivity contribution in [2.45, 2.75) is 6.92 Å². The first kappa shape index (κ1) is 11.1. The fraction of sp³-hybridized carbons (Fsp3) is 0.429. The highest BCUT2D eigenvalue weighted by Gasteiger charge is 2.20. The van der Waals surface area contributed by atoms with Crippen molar-refractivity contribution in [3.63, 3.8) is 0 Å². The van der Waals surface area contributed by atoms with E-state index in [0.29, 0.717) is 0 Å². The van der Waals surface area contributed by atoms with Crippen LogP contribution in [0.25, 0.3) is 0 Å². The zero-order chi connectivity index (χ0) is 11.4. The predicted molar refractivity (Wildman–Crippen MR) is 53.4 cm³/mol. The molecule has 8 heteroatoms. The molecule has 0 bridgehead atoms. The number of aliphatic hydroxyl groups is 1. The van der Waals surface area contributed by atoms with Crippen LogP contribution in [0, 0.1) is 17.0 Å². The van der Waals surface area contributed by atoms with Gasteiger partial charge in [0.1, 0.15) is 5.69 Å². The van der Waals surface area contributed by atoms with E-state index in [1.807, 2.05) is 0 Å². The van der Waals surface area contributed by atoms with Crippen molar-refractivity contribution in [1.29, 1.82) is 0 Å². The van der Waals surface area contributed by atoms with Gasteiger partial charge in [0.2, 0.25) is 11.8 Å². The average Bonchev–Trinajstić information content (AvgIpc) is 2.12. The molecule has 0 aliphatic carbocycles. The molecule has 0 unspecified atom stereocenters. The third kappa shape index (κ3) is 2.50. The lowest BCUT2D eigenvalue weighted by Gasteiger charge is -2.06. The third-order valence-electron chi connectivity index (χ3n) is 1.66. The van der Waals surface area contributed by atoms with Crippen molar-refractivity contribution < 1.29 is 10.0 Å². The highest BCUT2D eigenvalue weighted by Crippen LogP contribution is 2.25. The molecule has 1 heterocycles. The molecule has 0 fully saturated rings. The van der Waals surface area contributed by atoms with E-state index >= 15 is 0 Å². The van der Waals surface area contributed by atoms with Crippen molar-refractivity contribution in [2.24, 2.45) is 0 Å². The smallest absolute Gasteiger partial charge is 0.332 e. The summed E-state index contributed by atoms with van der Waals surface area (Å²) in [4.78, 5) is 17.5. The first-order valence-corrected chi connectivity index (χ1v) is 4.19. The summed E-state index contributed by atoms with van der Waals surface area (Å²) in [6.07, 6.45) is 0. The number of nitro groups is 1. The van der Waals surface area contributed by atoms with E-state index in [4.69, 9.17) is 10.8 Å². The van der Waals surface area contributed by atoms with Gasteiger partial charge < -0.3 is 16.2 Å². The molecule has 8 nitrogen and oxygen atoms in total. The van der Waals surface area contributed by atoms with Gasteiger partial charge in [-0.05, 0) is 6.92 Å². The van der Waals surface area contributed by atoms with E-state index in [1.165, 1.54) is 6.92 Å². The van der Waals surface area contributed by atoms with Crippen molar-refractivity contribution >= 4 is 17.5 Å². The van der Waals surface area contributed by atoms with E-state index in [2.05, 4.69) is 15.3 Å². The van der Waals surface area contributed by atoms with E-state index in [0.717, 1.165) is 0 Å². The lowest BCUT2D eigenvalue weighted by molar-refractivity contribution is -0.385. The van der Waals surface area contributed by atoms with Crippen LogP contribution < -0.4 is 11.1 Å². The Bertz CT molecular complexity index is 381. The van der Waals surface area contributed by atoms with Gasteiger partial charge in [0, 0.05) is 6.54 Å². The number of nitrogens with one attached hydrogen (secondary N) is 1. The minimum Gasteiger partial charge on any atom is -0.395 e. The van der Waals surface area contributed by atoms with Gasteiger partial charge in [0.05, 0.1) is 11.5 Å². The Morgan fingerprint density at radius 3 is 2.80 bits per heavy atom. The Morgan fingerprint density at radius 2 is 2.27 bits per heavy atom. The lowest BCUT2D eigenvalue weighted by atomic mass is 10.3. The molecule has 1 rings (SSSR count). The Balaban J connectivity index is 3.14. The summed E-state index contributed by atoms with van der Waals surface area (Å²) in [5, 5.41) is 21.9. The maximum Gasteiger partial charge on any atom is 0.332 e. The maximum atomic E-state index is 10.7. The molecule has 0 atom stereocenters. The molecular formula is C7H11N5O3. The third-order valence-corrected chi connectivity index (χ3v) is 1.66. The molecule has 0 spiro atoms. The van der Waals surface area contributed by atoms with Gasteiger partial charge in [0.15, 0.2) is 0 Å². The van der Waals surface area contributed by atoms with Crippen LogP contribution in [0.5, 0.6) is 0 Å². The van der Waals surface area contributed by atoms with E-state index in [-0.39, 0.29) is 36.3 Å². The molecule has 0 aliphatic rings. The number of hydrogen-bond donors (Lipinski definition) is 3. The first-order valence-electron chi connectivity index (χ1n) is 4.19. The summed E-state index contributed by atoms with van der Waals surface area (Å²) < 4.78 is 0. The summed E-state index contributed by atoms with van der Waals surface area (Å²) in [7, 11) is 0. The SMILES string of the molecule is Cc1nc(N)nc(NCCO)c1[N+](=O)[O-]. The van der Waals surface area contributed by atoms with Crippen molar-refractivity contribution in [1.82, 2.24) is 9.97 Å². The van der Waals surface area contributed by atoms with Crippen LogP contribution in [0.4, 0.5) is 17.5 Å². The molecule has 0 saturated carbocycles. The fourth-order valence-electron chi connectivity index (χ4n) is 1.10. The van der Waals surface area contributed by atoms with Crippen LogP contribution in [0.1, 0.15) is 5.69 Å². The second-order valence-corrected chi connectivity index (χ2v) is 2.77. The Morgan fingerprint density at radius 1 is 1.60 bits per heavy atom. The summed E-state index contributed by atoms with van der Waals surface area (Å²) >= 11 is 0. The number of aryl methyl sites for hydroxylation is 1. The van der Waals surface area contributed by atoms with Gasteiger partial charge in [0.25, 0.3) is 0 Å². The molecule has 0 radical (unpaired) electrons. The monoisotopic (exact) mass is 213 g/mol. The van der Waals surface area contributed by atoms with Crippen LogP contribution in [0.15, 0.2) is 0 Å². The molecule has 1 aromatic rings. The molecule has 1 aromatic heterocycles. The number of aromatic nitrogens is 2. The standard InChI is InChI=1S/C7H11N5O3/c1-4-5(12(14)15)6(9-2-3-13)11-7(8)10-4/h13H,2-3H2,1H3,(H3,8,9,10,11). The number of anilines is 2. The van der Waals surface area contributed by atoms with E-state index < -0.39 is 4.92 Å². The average molecular weight is 213 g/mol. The van der Waals surface area contributed by atoms with Crippen LogP contribution in [0.3, 0.4) is 0 Å². The second kappa shape index (κ2) is 4.51. The van der Waals surface area contributed by atoms with Crippen LogP contribution in [-0.4, -0.2) is 33.1 Å². The van der Waals surface area contributed by atoms with Gasteiger partial charge in [-0.25, -0.2) is 4.98 Å². The topological polar surface area (TPSA) is 127 Å². The minimum atomic E-state index is -0.589. The highest BCUT2D eigenvalue weighted by molar-refractivity contribution is 5.60. The molecule has 0 aliphatic heterocycles. The van der Waals surface area contributed by atoms with Gasteiger partial charge in [-0.15, -0.1) is 0 Å². The summed E-state index contributed by atoms with van der Waals surface area (Å²) in [6, 6.07) is 0. The molecule has 0 saturated heterocycles. The fourth-order valence-corrected chi connectivity index (χ4v) is 1.10. The maximum absolute atomic E-state index is 10.7. The number of hydrogen-bond acceptors (Lipinski definition) is 7. The Hall–Kier alpha value is -1.96. The quantitative estimate of drug-likeness (QED) is 0.462. The normalized spacial score (nSPS) is 10.0. The van der Waals surface area contributed by atoms with E-state index in [1.54, 1.807) is 0 Å². The molecular weight excluding hydrogens is 202 g/mol. The van der Waals surface area contributed by atoms with Crippen LogP contribution in [0.2, 0.25) is 0 Å². The molecule has 0 aromatic carbocycles. The summed E-state index contributed by atoms with van der Waals surface area (Å²) in [5.41, 5.74) is 5.32. The molecule has 15 heavy (non-hydrogen) atoms. The van der Waals surface area contributed by atoms with Crippen molar-refractivity contribution in [2.75, 3.05) is 24.2 Å². The lowest BCUT2D eigenvalue weighted by Crippen LogP contribution is -2.12. The number of rotatable bonds is 4. The zero-order valence-corrected chi connectivity index (χ0v) is 8.10. The Labute approximate surface area is 85.3 Å². The molecule has 82 valence electrons. The number of nitrogens with zero attached hydrogens (tertiary/aromatic N) is 3. The summed E-state index contributed by atoms with van der Waals surface area (Å²) in [5.74, 6) is -0.0161. The number of nitrogen functional groups attached to an aromatic ring is 1. The van der Waals surface area contributed by atoms with Crippen molar-refractivity contribution in [3.8, 4) is 0 Å². The first-order chi connectivity index (χ1) is 7.06. The number of nitrogens with two attached hydrogens (primary N) is 1. The van der Waals surface area contributed by atoms with Crippen molar-refractivity contribution in [3.05, 3.63) is 15.8 Å². The van der Waals surface area contributed by atoms with Gasteiger partial charge in [-0.1, -0.05) is 0 Å².